The second kappa shape index (κ2) is 6.19. The molecule has 3 heteroatoms. The van der Waals surface area contributed by atoms with Crippen molar-refractivity contribution in [2.24, 2.45) is 0 Å². The zero-order chi connectivity index (χ0) is 11.1. The van der Waals surface area contributed by atoms with Crippen LogP contribution >= 0.6 is 0 Å². The van der Waals surface area contributed by atoms with Gasteiger partial charge in [-0.15, -0.1) is 0 Å². The first-order valence-corrected chi connectivity index (χ1v) is 5.15. The van der Waals surface area contributed by atoms with Crippen molar-refractivity contribution in [2.75, 3.05) is 7.05 Å². The summed E-state index contributed by atoms with van der Waals surface area (Å²) in [7, 11) is 1.65. The lowest BCUT2D eigenvalue weighted by Crippen LogP contribution is -2.17. The summed E-state index contributed by atoms with van der Waals surface area (Å²) < 4.78 is 0. The van der Waals surface area contributed by atoms with E-state index >= 15 is 0 Å². The number of carbonyl (C=O) groups is 1. The fourth-order valence-corrected chi connectivity index (χ4v) is 1.39. The van der Waals surface area contributed by atoms with Crippen molar-refractivity contribution >= 4 is 5.91 Å². The molecular formula is C12H17NO2. The van der Waals surface area contributed by atoms with Crippen molar-refractivity contribution in [1.29, 1.82) is 0 Å². The summed E-state index contributed by atoms with van der Waals surface area (Å²) in [5.41, 5.74) is 2.13. The fraction of sp³-hybridized carbons (Fsp3) is 0.417. The maximum atomic E-state index is 11.0. The smallest absolute Gasteiger partial charge is 0.219 e. The minimum atomic E-state index is 0.0819. The van der Waals surface area contributed by atoms with Crippen LogP contribution in [0.15, 0.2) is 24.3 Å². The van der Waals surface area contributed by atoms with E-state index in [1.807, 2.05) is 24.3 Å². The van der Waals surface area contributed by atoms with E-state index in [4.69, 9.17) is 5.11 Å². The standard InChI is InChI=1S/C12H17NO2/c1-13-12(15)4-2-3-10-5-7-11(9-14)8-6-10/h5-8,14H,2-4,9H2,1H3,(H,13,15). The number of aliphatic hydroxyl groups is 1. The molecule has 1 rings (SSSR count). The Hall–Kier alpha value is -1.35. The number of aryl methyl sites for hydroxylation is 1. The van der Waals surface area contributed by atoms with Crippen LogP contribution in [0.25, 0.3) is 0 Å². The van der Waals surface area contributed by atoms with E-state index in [0.717, 1.165) is 18.4 Å². The molecule has 0 spiro atoms. The van der Waals surface area contributed by atoms with Crippen molar-refractivity contribution in [2.45, 2.75) is 25.9 Å². The molecule has 0 heterocycles. The van der Waals surface area contributed by atoms with E-state index in [9.17, 15) is 4.79 Å². The van der Waals surface area contributed by atoms with Crippen LogP contribution in [-0.4, -0.2) is 18.1 Å². The summed E-state index contributed by atoms with van der Waals surface area (Å²) in [5, 5.41) is 11.5. The number of benzene rings is 1. The van der Waals surface area contributed by atoms with E-state index in [0.29, 0.717) is 6.42 Å². The van der Waals surface area contributed by atoms with Gasteiger partial charge >= 0.3 is 0 Å². The number of amides is 1. The van der Waals surface area contributed by atoms with Crippen LogP contribution in [0.2, 0.25) is 0 Å². The highest BCUT2D eigenvalue weighted by atomic mass is 16.3. The van der Waals surface area contributed by atoms with Gasteiger partial charge in [0.15, 0.2) is 0 Å². The number of hydrogen-bond acceptors (Lipinski definition) is 2. The van der Waals surface area contributed by atoms with Crippen LogP contribution in [0, 0.1) is 0 Å². The highest BCUT2D eigenvalue weighted by Crippen LogP contribution is 2.07. The van der Waals surface area contributed by atoms with Crippen LogP contribution < -0.4 is 5.32 Å². The molecule has 0 fully saturated rings. The number of rotatable bonds is 5. The van der Waals surface area contributed by atoms with Crippen LogP contribution in [-0.2, 0) is 17.8 Å². The van der Waals surface area contributed by atoms with Gasteiger partial charge in [-0.2, -0.15) is 0 Å². The highest BCUT2D eigenvalue weighted by Gasteiger charge is 1.98. The fourth-order valence-electron chi connectivity index (χ4n) is 1.39. The summed E-state index contributed by atoms with van der Waals surface area (Å²) >= 11 is 0. The van der Waals surface area contributed by atoms with Gasteiger partial charge in [-0.25, -0.2) is 0 Å². The monoisotopic (exact) mass is 207 g/mol. The molecule has 15 heavy (non-hydrogen) atoms. The Balaban J connectivity index is 2.34. The Labute approximate surface area is 90.1 Å². The molecule has 0 aromatic heterocycles. The van der Waals surface area contributed by atoms with Crippen LogP contribution in [0.1, 0.15) is 24.0 Å². The van der Waals surface area contributed by atoms with Crippen molar-refractivity contribution in [3.05, 3.63) is 35.4 Å². The van der Waals surface area contributed by atoms with Gasteiger partial charge < -0.3 is 10.4 Å². The molecule has 82 valence electrons. The van der Waals surface area contributed by atoms with Crippen LogP contribution in [0.5, 0.6) is 0 Å². The number of carbonyl (C=O) groups excluding carboxylic acids is 1. The minimum absolute atomic E-state index is 0.0819. The molecule has 0 aliphatic rings. The van der Waals surface area contributed by atoms with Gasteiger partial charge in [0.2, 0.25) is 5.91 Å². The predicted octanol–water partition coefficient (Wildman–Crippen LogP) is 1.25. The zero-order valence-corrected chi connectivity index (χ0v) is 8.99. The summed E-state index contributed by atoms with van der Waals surface area (Å²) in [5.74, 6) is 0.0852. The molecule has 3 nitrogen and oxygen atoms in total. The van der Waals surface area contributed by atoms with E-state index in [1.165, 1.54) is 5.56 Å². The third kappa shape index (κ3) is 4.13. The lowest BCUT2D eigenvalue weighted by molar-refractivity contribution is -0.120. The molecule has 0 unspecified atom stereocenters. The molecule has 0 atom stereocenters. The minimum Gasteiger partial charge on any atom is -0.392 e. The van der Waals surface area contributed by atoms with Crippen molar-refractivity contribution < 1.29 is 9.90 Å². The molecule has 0 radical (unpaired) electrons. The van der Waals surface area contributed by atoms with Gasteiger partial charge in [0.25, 0.3) is 0 Å². The van der Waals surface area contributed by atoms with Gasteiger partial charge in [0, 0.05) is 13.5 Å². The molecule has 0 aliphatic heterocycles. The molecular weight excluding hydrogens is 190 g/mol. The van der Waals surface area contributed by atoms with Gasteiger partial charge in [-0.1, -0.05) is 24.3 Å². The Kier molecular flexibility index (Phi) is 4.84. The first-order chi connectivity index (χ1) is 7.26. The van der Waals surface area contributed by atoms with E-state index in [2.05, 4.69) is 5.32 Å². The van der Waals surface area contributed by atoms with Gasteiger partial charge in [-0.3, -0.25) is 4.79 Å². The van der Waals surface area contributed by atoms with Gasteiger partial charge in [0.05, 0.1) is 6.61 Å². The largest absolute Gasteiger partial charge is 0.392 e. The first kappa shape index (κ1) is 11.7. The second-order valence-electron chi connectivity index (χ2n) is 3.50. The first-order valence-electron chi connectivity index (χ1n) is 5.15. The lowest BCUT2D eigenvalue weighted by Gasteiger charge is -2.02. The van der Waals surface area contributed by atoms with E-state index < -0.39 is 0 Å². The molecule has 1 aromatic carbocycles. The Bertz CT molecular complexity index is 306. The lowest BCUT2D eigenvalue weighted by atomic mass is 10.1. The average Bonchev–Trinajstić information content (AvgIpc) is 2.29. The van der Waals surface area contributed by atoms with E-state index in [1.54, 1.807) is 7.05 Å². The van der Waals surface area contributed by atoms with Crippen LogP contribution in [0.4, 0.5) is 0 Å². The van der Waals surface area contributed by atoms with Crippen molar-refractivity contribution in [3.63, 3.8) is 0 Å². The third-order valence-corrected chi connectivity index (χ3v) is 2.35. The van der Waals surface area contributed by atoms with E-state index in [-0.39, 0.29) is 12.5 Å². The molecule has 2 N–H and O–H groups in total. The summed E-state index contributed by atoms with van der Waals surface area (Å²) in [6.07, 6.45) is 2.33. The Morgan fingerprint density at radius 2 is 1.87 bits per heavy atom. The summed E-state index contributed by atoms with van der Waals surface area (Å²) in [4.78, 5) is 11.0. The quantitative estimate of drug-likeness (QED) is 0.763. The zero-order valence-electron chi connectivity index (χ0n) is 8.99. The second-order valence-corrected chi connectivity index (χ2v) is 3.50. The average molecular weight is 207 g/mol. The van der Waals surface area contributed by atoms with Crippen molar-refractivity contribution in [3.8, 4) is 0 Å². The van der Waals surface area contributed by atoms with Gasteiger partial charge in [-0.05, 0) is 24.0 Å². The maximum Gasteiger partial charge on any atom is 0.219 e. The number of nitrogens with one attached hydrogen (secondary N) is 1. The topological polar surface area (TPSA) is 49.3 Å². The molecule has 0 saturated carbocycles. The molecule has 0 aliphatic carbocycles. The molecule has 1 aromatic rings. The maximum absolute atomic E-state index is 11.0. The number of aliphatic hydroxyl groups excluding tert-OH is 1. The molecule has 1 amide bonds. The third-order valence-electron chi connectivity index (χ3n) is 2.35. The summed E-state index contributed by atoms with van der Waals surface area (Å²) in [6.45, 7) is 0.0819. The summed E-state index contributed by atoms with van der Waals surface area (Å²) in [6, 6.07) is 7.81. The van der Waals surface area contributed by atoms with Crippen molar-refractivity contribution in [1.82, 2.24) is 5.32 Å². The SMILES string of the molecule is CNC(=O)CCCc1ccc(CO)cc1. The number of hydrogen-bond donors (Lipinski definition) is 2. The predicted molar refractivity (Wildman–Crippen MR) is 59.4 cm³/mol. The molecule has 0 saturated heterocycles. The highest BCUT2D eigenvalue weighted by molar-refractivity contribution is 5.75. The van der Waals surface area contributed by atoms with Gasteiger partial charge in [0.1, 0.15) is 0 Å². The Morgan fingerprint density at radius 3 is 2.40 bits per heavy atom. The molecule has 0 bridgehead atoms. The van der Waals surface area contributed by atoms with Crippen LogP contribution in [0.3, 0.4) is 0 Å². The Morgan fingerprint density at radius 1 is 1.27 bits per heavy atom. The normalized spacial score (nSPS) is 10.0.